The first-order valence-corrected chi connectivity index (χ1v) is 15.7. The van der Waals surface area contributed by atoms with E-state index in [2.05, 4.69) is 20.9 Å². The van der Waals surface area contributed by atoms with Gasteiger partial charge in [0.2, 0.25) is 17.7 Å². The van der Waals surface area contributed by atoms with Gasteiger partial charge in [-0.3, -0.25) is 19.2 Å². The van der Waals surface area contributed by atoms with Crippen molar-refractivity contribution in [2.75, 3.05) is 13.7 Å². The molecule has 0 radical (unpaired) electrons. The van der Waals surface area contributed by atoms with Gasteiger partial charge in [0.15, 0.2) is 11.6 Å². The average Bonchev–Trinajstić information content (AvgIpc) is 3.63. The van der Waals surface area contributed by atoms with E-state index in [1.807, 2.05) is 45.0 Å². The van der Waals surface area contributed by atoms with Crippen LogP contribution in [0.25, 0.3) is 10.9 Å². The van der Waals surface area contributed by atoms with Gasteiger partial charge in [-0.2, -0.15) is 0 Å². The quantitative estimate of drug-likeness (QED) is 0.326. The Balaban J connectivity index is 1.47. The number of hydrogen-bond donors (Lipinski definition) is 4. The maximum absolute atomic E-state index is 14.7. The highest BCUT2D eigenvalue weighted by atomic mass is 19.2. The zero-order valence-electron chi connectivity index (χ0n) is 26.5. The summed E-state index contributed by atoms with van der Waals surface area (Å²) < 4.78 is 33.9. The molecule has 0 aliphatic carbocycles. The van der Waals surface area contributed by atoms with Crippen LogP contribution in [-0.2, 0) is 20.8 Å². The Morgan fingerprint density at radius 2 is 1.85 bits per heavy atom. The molecule has 46 heavy (non-hydrogen) atoms. The fraction of sp³-hybridized carbons (Fsp3) is 0.471. The summed E-state index contributed by atoms with van der Waals surface area (Å²) in [5.41, 5.74) is 1.11. The summed E-state index contributed by atoms with van der Waals surface area (Å²) in [5, 5.41) is 9.65. The summed E-state index contributed by atoms with van der Waals surface area (Å²) in [6, 6.07) is 6.72. The second kappa shape index (κ2) is 13.9. The van der Waals surface area contributed by atoms with Crippen molar-refractivity contribution in [2.24, 2.45) is 11.8 Å². The van der Waals surface area contributed by atoms with Crippen LogP contribution in [0.2, 0.25) is 0 Å². The van der Waals surface area contributed by atoms with E-state index in [4.69, 9.17) is 4.74 Å². The second-order valence-corrected chi connectivity index (χ2v) is 12.8. The summed E-state index contributed by atoms with van der Waals surface area (Å²) in [6.07, 6.45) is 3.59. The SMILES string of the molecule is COc1ccc(F)c(F)c1C(=O)N[C@@H]1C[C@H]2C(=O)N[C@H](C(C)C)CC[C@@H](C)CC(=O)N[C@H](Cc3c[nH]c4ccccc34)C(=O)N2C1. The van der Waals surface area contributed by atoms with Crippen LogP contribution >= 0.6 is 0 Å². The zero-order valence-corrected chi connectivity index (χ0v) is 26.5. The molecule has 0 bridgehead atoms. The van der Waals surface area contributed by atoms with Gasteiger partial charge in [-0.15, -0.1) is 0 Å². The van der Waals surface area contributed by atoms with Crippen molar-refractivity contribution in [3.63, 3.8) is 0 Å². The van der Waals surface area contributed by atoms with Crippen molar-refractivity contribution < 1.29 is 32.7 Å². The molecule has 4 amide bonds. The van der Waals surface area contributed by atoms with Crippen molar-refractivity contribution in [3.05, 3.63) is 65.4 Å². The Labute approximate surface area is 266 Å². The summed E-state index contributed by atoms with van der Waals surface area (Å²) >= 11 is 0. The molecule has 5 rings (SSSR count). The van der Waals surface area contributed by atoms with Gasteiger partial charge in [0.25, 0.3) is 5.91 Å². The third-order valence-electron chi connectivity index (χ3n) is 9.09. The van der Waals surface area contributed by atoms with Crippen LogP contribution in [0, 0.1) is 23.5 Å². The number of nitrogens with zero attached hydrogens (tertiary/aromatic N) is 1. The molecule has 4 N–H and O–H groups in total. The van der Waals surface area contributed by atoms with Crippen molar-refractivity contribution in [2.45, 2.75) is 77.0 Å². The summed E-state index contributed by atoms with van der Waals surface area (Å²) in [5.74, 6) is -4.64. The number of benzene rings is 2. The molecule has 246 valence electrons. The predicted octanol–water partition coefficient (Wildman–Crippen LogP) is 3.84. The number of ether oxygens (including phenoxy) is 1. The number of fused-ring (bicyclic) bond motifs is 2. The molecule has 0 spiro atoms. The lowest BCUT2D eigenvalue weighted by Gasteiger charge is -2.30. The second-order valence-electron chi connectivity index (χ2n) is 12.8. The third-order valence-corrected chi connectivity index (χ3v) is 9.09. The zero-order chi connectivity index (χ0) is 33.1. The Morgan fingerprint density at radius 1 is 1.09 bits per heavy atom. The van der Waals surface area contributed by atoms with Crippen molar-refractivity contribution in [1.82, 2.24) is 25.8 Å². The lowest BCUT2D eigenvalue weighted by Crippen LogP contribution is -2.55. The van der Waals surface area contributed by atoms with Gasteiger partial charge in [0.1, 0.15) is 23.4 Å². The minimum Gasteiger partial charge on any atom is -0.496 e. The summed E-state index contributed by atoms with van der Waals surface area (Å²) in [4.78, 5) is 59.4. The number of carbonyl (C=O) groups excluding carboxylic acids is 4. The number of nitrogens with one attached hydrogen (secondary N) is 4. The maximum atomic E-state index is 14.7. The Kier molecular flexibility index (Phi) is 9.93. The Hall–Kier alpha value is -4.48. The molecule has 3 heterocycles. The van der Waals surface area contributed by atoms with Crippen LogP contribution in [-0.4, -0.2) is 71.3 Å². The van der Waals surface area contributed by atoms with Crippen molar-refractivity contribution >= 4 is 34.5 Å². The van der Waals surface area contributed by atoms with E-state index >= 15 is 0 Å². The molecular formula is C34H41F2N5O5. The smallest absolute Gasteiger partial charge is 0.258 e. The normalized spacial score (nSPS) is 24.5. The van der Waals surface area contributed by atoms with Gasteiger partial charge < -0.3 is 30.6 Å². The third kappa shape index (κ3) is 7.00. The number of rotatable bonds is 6. The lowest BCUT2D eigenvalue weighted by molar-refractivity contribution is -0.141. The van der Waals surface area contributed by atoms with Gasteiger partial charge in [0, 0.05) is 48.6 Å². The van der Waals surface area contributed by atoms with Gasteiger partial charge in [-0.1, -0.05) is 39.0 Å². The van der Waals surface area contributed by atoms with Gasteiger partial charge in [0.05, 0.1) is 7.11 Å². The fourth-order valence-corrected chi connectivity index (χ4v) is 6.51. The van der Waals surface area contributed by atoms with E-state index in [1.54, 1.807) is 6.20 Å². The molecule has 2 aliphatic heterocycles. The van der Waals surface area contributed by atoms with Gasteiger partial charge in [-0.05, 0) is 54.9 Å². The van der Waals surface area contributed by atoms with Crippen molar-refractivity contribution in [1.29, 1.82) is 0 Å². The molecule has 1 aromatic heterocycles. The first-order chi connectivity index (χ1) is 22.0. The van der Waals surface area contributed by atoms with E-state index in [1.165, 1.54) is 12.0 Å². The number of H-pyrrole nitrogens is 1. The standard InChI is InChI=1S/C34H41F2N5O5/c1-18(2)24-11-9-19(3)13-29(42)39-26(14-20-16-37-25-8-6-5-7-22(20)25)34(45)41-17-21(15-27(41)32(43)40-24)38-33(44)30-28(46-4)12-10-23(35)31(30)36/h5-8,10,12,16,18-19,21,24,26-27,37H,9,11,13-15,17H2,1-4H3,(H,38,44)(H,39,42)(H,40,43)/t19-,21-,24+,26-,27+/m1/s1. The summed E-state index contributed by atoms with van der Waals surface area (Å²) in [7, 11) is 1.24. The van der Waals surface area contributed by atoms with Crippen LogP contribution in [0.5, 0.6) is 5.75 Å². The van der Waals surface area contributed by atoms with Crippen LogP contribution in [0.15, 0.2) is 42.6 Å². The molecule has 2 aliphatic rings. The number of para-hydroxylation sites is 1. The average molecular weight is 638 g/mol. The first kappa shape index (κ1) is 32.9. The largest absolute Gasteiger partial charge is 0.496 e. The maximum Gasteiger partial charge on any atom is 0.258 e. The number of aromatic amines is 1. The number of carbonyl (C=O) groups is 4. The van der Waals surface area contributed by atoms with E-state index in [9.17, 15) is 28.0 Å². The first-order valence-electron chi connectivity index (χ1n) is 15.7. The molecule has 2 aromatic carbocycles. The number of halogens is 2. The minimum atomic E-state index is -1.36. The highest BCUT2D eigenvalue weighted by molar-refractivity contribution is 5.98. The number of amides is 4. The summed E-state index contributed by atoms with van der Waals surface area (Å²) in [6.45, 7) is 5.90. The van der Waals surface area contributed by atoms with Crippen LogP contribution in [0.1, 0.15) is 62.4 Å². The topological polar surface area (TPSA) is 133 Å². The molecule has 5 atom stereocenters. The number of aromatic nitrogens is 1. The van der Waals surface area contributed by atoms with Crippen molar-refractivity contribution in [3.8, 4) is 5.75 Å². The molecular weight excluding hydrogens is 596 g/mol. The molecule has 10 nitrogen and oxygen atoms in total. The molecule has 2 fully saturated rings. The molecule has 2 saturated heterocycles. The Morgan fingerprint density at radius 3 is 2.59 bits per heavy atom. The van der Waals surface area contributed by atoms with E-state index in [0.717, 1.165) is 28.6 Å². The lowest BCUT2D eigenvalue weighted by atomic mass is 9.92. The highest BCUT2D eigenvalue weighted by Gasteiger charge is 2.44. The van der Waals surface area contributed by atoms with Crippen LogP contribution in [0.4, 0.5) is 8.78 Å². The van der Waals surface area contributed by atoms with E-state index < -0.39 is 47.1 Å². The number of methoxy groups -OCH3 is 1. The van der Waals surface area contributed by atoms with Crippen LogP contribution < -0.4 is 20.7 Å². The van der Waals surface area contributed by atoms with Gasteiger partial charge >= 0.3 is 0 Å². The minimum absolute atomic E-state index is 0.0300. The molecule has 0 unspecified atom stereocenters. The van der Waals surface area contributed by atoms with E-state index in [0.29, 0.717) is 12.8 Å². The molecule has 0 saturated carbocycles. The molecule has 3 aromatic rings. The van der Waals surface area contributed by atoms with Crippen LogP contribution in [0.3, 0.4) is 0 Å². The highest BCUT2D eigenvalue weighted by Crippen LogP contribution is 2.28. The fourth-order valence-electron chi connectivity index (χ4n) is 6.51. The Bertz CT molecular complexity index is 1620. The number of hydrogen-bond acceptors (Lipinski definition) is 5. The van der Waals surface area contributed by atoms with E-state index in [-0.39, 0.29) is 61.2 Å². The monoisotopic (exact) mass is 637 g/mol. The molecule has 12 heteroatoms. The predicted molar refractivity (Wildman–Crippen MR) is 168 cm³/mol. The van der Waals surface area contributed by atoms with Gasteiger partial charge in [-0.25, -0.2) is 8.78 Å².